The summed E-state index contributed by atoms with van der Waals surface area (Å²) in [6, 6.07) is 20.3. The summed E-state index contributed by atoms with van der Waals surface area (Å²) >= 11 is 0. The lowest BCUT2D eigenvalue weighted by Crippen LogP contribution is -2.41. The van der Waals surface area contributed by atoms with Gasteiger partial charge in [0, 0.05) is 37.3 Å². The first-order valence-corrected chi connectivity index (χ1v) is 7.52. The zero-order chi connectivity index (χ0) is 13.4. The zero-order valence-corrected chi connectivity index (χ0v) is 11.6. The molecule has 2 aromatic carbocycles. The van der Waals surface area contributed by atoms with Crippen molar-refractivity contribution >= 4 is 5.69 Å². The maximum absolute atomic E-state index is 3.69. The predicted octanol–water partition coefficient (Wildman–Crippen LogP) is 3.47. The average Bonchev–Trinajstić information content (AvgIpc) is 2.86. The van der Waals surface area contributed by atoms with Crippen LogP contribution in [0.25, 0.3) is 0 Å². The van der Waals surface area contributed by atoms with Crippen molar-refractivity contribution in [1.29, 1.82) is 0 Å². The first kappa shape index (κ1) is 12.0. The maximum atomic E-state index is 3.69. The highest BCUT2D eigenvalue weighted by Crippen LogP contribution is 2.40. The molecule has 2 aliphatic rings. The van der Waals surface area contributed by atoms with E-state index in [1.165, 1.54) is 36.3 Å². The summed E-state index contributed by atoms with van der Waals surface area (Å²) in [4.78, 5) is 2.60. The van der Waals surface area contributed by atoms with Gasteiger partial charge in [-0.25, -0.2) is 0 Å². The maximum Gasteiger partial charge on any atom is 0.0379 e. The van der Waals surface area contributed by atoms with E-state index in [9.17, 15) is 0 Å². The van der Waals surface area contributed by atoms with Gasteiger partial charge in [-0.2, -0.15) is 0 Å². The van der Waals surface area contributed by atoms with E-state index in [1.807, 2.05) is 0 Å². The first-order valence-electron chi connectivity index (χ1n) is 7.52. The van der Waals surface area contributed by atoms with Gasteiger partial charge in [-0.1, -0.05) is 48.5 Å². The number of anilines is 1. The minimum Gasteiger partial charge on any atom is -0.381 e. The standard InChI is InChI=1S/C18H20N2/c1-2-6-14(7-3-1)12-20-11-10-18-16(13-20)15-8-4-5-9-17(15)19-18/h1-9,16,18-19H,10-13H2. The molecule has 2 atom stereocenters. The van der Waals surface area contributed by atoms with Crippen molar-refractivity contribution in [1.82, 2.24) is 4.90 Å². The Morgan fingerprint density at radius 3 is 2.70 bits per heavy atom. The Bertz CT molecular complexity index is 593. The molecule has 0 spiro atoms. The molecule has 2 aliphatic heterocycles. The quantitative estimate of drug-likeness (QED) is 0.893. The van der Waals surface area contributed by atoms with E-state index >= 15 is 0 Å². The molecule has 1 fully saturated rings. The number of benzene rings is 2. The number of nitrogens with one attached hydrogen (secondary N) is 1. The summed E-state index contributed by atoms with van der Waals surface area (Å²) in [5.41, 5.74) is 4.28. The number of nitrogens with zero attached hydrogens (tertiary/aromatic N) is 1. The molecule has 0 amide bonds. The second-order valence-corrected chi connectivity index (χ2v) is 5.95. The summed E-state index contributed by atoms with van der Waals surface area (Å²) in [5.74, 6) is 0.656. The van der Waals surface area contributed by atoms with E-state index in [4.69, 9.17) is 0 Å². The molecule has 20 heavy (non-hydrogen) atoms. The number of rotatable bonds is 2. The minimum atomic E-state index is 0.638. The lowest BCUT2D eigenvalue weighted by molar-refractivity contribution is 0.194. The van der Waals surface area contributed by atoms with Crippen molar-refractivity contribution in [3.63, 3.8) is 0 Å². The van der Waals surface area contributed by atoms with Crippen molar-refractivity contribution in [3.05, 3.63) is 65.7 Å². The summed E-state index contributed by atoms with van der Waals surface area (Å²) < 4.78 is 0. The van der Waals surface area contributed by atoms with Crippen LogP contribution in [-0.2, 0) is 6.54 Å². The van der Waals surface area contributed by atoms with Crippen LogP contribution in [0.1, 0.15) is 23.5 Å². The van der Waals surface area contributed by atoms with Crippen LogP contribution in [0.3, 0.4) is 0 Å². The number of likely N-dealkylation sites (tertiary alicyclic amines) is 1. The Morgan fingerprint density at radius 2 is 1.80 bits per heavy atom. The molecule has 2 heterocycles. The Labute approximate surface area is 120 Å². The van der Waals surface area contributed by atoms with Crippen molar-refractivity contribution < 1.29 is 0 Å². The van der Waals surface area contributed by atoms with Crippen molar-refractivity contribution in [2.75, 3.05) is 18.4 Å². The first-order chi connectivity index (χ1) is 9.90. The molecule has 102 valence electrons. The van der Waals surface area contributed by atoms with Crippen molar-refractivity contribution in [3.8, 4) is 0 Å². The van der Waals surface area contributed by atoms with Gasteiger partial charge in [0.15, 0.2) is 0 Å². The van der Waals surface area contributed by atoms with Gasteiger partial charge >= 0.3 is 0 Å². The second-order valence-electron chi connectivity index (χ2n) is 5.95. The molecule has 0 aliphatic carbocycles. The topological polar surface area (TPSA) is 15.3 Å². The fourth-order valence-corrected chi connectivity index (χ4v) is 3.64. The number of para-hydroxylation sites is 1. The SMILES string of the molecule is c1ccc(CN2CCC3Nc4ccccc4C3C2)cc1. The van der Waals surface area contributed by atoms with Gasteiger partial charge in [-0.3, -0.25) is 4.90 Å². The van der Waals surface area contributed by atoms with Crippen molar-refractivity contribution in [2.24, 2.45) is 0 Å². The minimum absolute atomic E-state index is 0.638. The van der Waals surface area contributed by atoms with E-state index in [0.29, 0.717) is 12.0 Å². The Morgan fingerprint density at radius 1 is 1.00 bits per heavy atom. The highest BCUT2D eigenvalue weighted by molar-refractivity contribution is 5.59. The van der Waals surface area contributed by atoms with Crippen LogP contribution in [0, 0.1) is 0 Å². The zero-order valence-electron chi connectivity index (χ0n) is 11.6. The molecular weight excluding hydrogens is 244 g/mol. The fraction of sp³-hybridized carbons (Fsp3) is 0.333. The lowest BCUT2D eigenvalue weighted by Gasteiger charge is -2.35. The van der Waals surface area contributed by atoms with Gasteiger partial charge in [0.1, 0.15) is 0 Å². The third-order valence-corrected chi connectivity index (χ3v) is 4.65. The van der Waals surface area contributed by atoms with Gasteiger partial charge in [-0.15, -0.1) is 0 Å². The Hall–Kier alpha value is -1.80. The highest BCUT2D eigenvalue weighted by Gasteiger charge is 2.36. The molecule has 1 saturated heterocycles. The summed E-state index contributed by atoms with van der Waals surface area (Å²) in [6.45, 7) is 3.44. The molecule has 1 N–H and O–H groups in total. The molecular formula is C18H20N2. The van der Waals surface area contributed by atoms with Gasteiger partial charge in [-0.05, 0) is 23.6 Å². The number of hydrogen-bond acceptors (Lipinski definition) is 2. The van der Waals surface area contributed by atoms with Gasteiger partial charge in [0.05, 0.1) is 0 Å². The molecule has 2 nitrogen and oxygen atoms in total. The van der Waals surface area contributed by atoms with E-state index < -0.39 is 0 Å². The van der Waals surface area contributed by atoms with Crippen LogP contribution >= 0.6 is 0 Å². The van der Waals surface area contributed by atoms with Gasteiger partial charge in [0.25, 0.3) is 0 Å². The normalized spacial score (nSPS) is 24.8. The molecule has 2 aromatic rings. The van der Waals surface area contributed by atoms with Gasteiger partial charge < -0.3 is 5.32 Å². The van der Waals surface area contributed by atoms with Crippen molar-refractivity contribution in [2.45, 2.75) is 24.9 Å². The molecule has 0 radical (unpaired) electrons. The molecule has 2 unspecified atom stereocenters. The smallest absolute Gasteiger partial charge is 0.0379 e. The van der Waals surface area contributed by atoms with Crippen LogP contribution in [0.15, 0.2) is 54.6 Å². The number of fused-ring (bicyclic) bond motifs is 3. The third-order valence-electron chi connectivity index (χ3n) is 4.65. The van der Waals surface area contributed by atoms with E-state index in [1.54, 1.807) is 0 Å². The molecule has 4 rings (SSSR count). The van der Waals surface area contributed by atoms with E-state index in [-0.39, 0.29) is 0 Å². The predicted molar refractivity (Wildman–Crippen MR) is 82.9 cm³/mol. The molecule has 0 saturated carbocycles. The lowest BCUT2D eigenvalue weighted by atomic mass is 9.89. The highest BCUT2D eigenvalue weighted by atomic mass is 15.2. The fourth-order valence-electron chi connectivity index (χ4n) is 3.64. The molecule has 2 heteroatoms. The summed E-state index contributed by atoms with van der Waals surface area (Å²) in [5, 5.41) is 3.69. The summed E-state index contributed by atoms with van der Waals surface area (Å²) in [6.07, 6.45) is 1.24. The van der Waals surface area contributed by atoms with E-state index in [0.717, 1.165) is 6.54 Å². The molecule has 0 aromatic heterocycles. The Balaban J connectivity index is 1.51. The van der Waals surface area contributed by atoms with Crippen LogP contribution in [0.5, 0.6) is 0 Å². The van der Waals surface area contributed by atoms with E-state index in [2.05, 4.69) is 64.8 Å². The molecule has 0 bridgehead atoms. The van der Waals surface area contributed by atoms with Crippen LogP contribution in [0.2, 0.25) is 0 Å². The number of piperidine rings is 1. The average molecular weight is 264 g/mol. The van der Waals surface area contributed by atoms with Crippen LogP contribution in [0.4, 0.5) is 5.69 Å². The third kappa shape index (κ3) is 2.10. The van der Waals surface area contributed by atoms with Crippen LogP contribution < -0.4 is 5.32 Å². The summed E-state index contributed by atoms with van der Waals surface area (Å²) in [7, 11) is 0. The monoisotopic (exact) mass is 264 g/mol. The van der Waals surface area contributed by atoms with Crippen LogP contribution in [-0.4, -0.2) is 24.0 Å². The largest absolute Gasteiger partial charge is 0.381 e. The van der Waals surface area contributed by atoms with Gasteiger partial charge in [0.2, 0.25) is 0 Å². The number of hydrogen-bond donors (Lipinski definition) is 1. The Kier molecular flexibility index (Phi) is 2.96. The second kappa shape index (κ2) is 4.95.